The molecular weight excluding hydrogens is 310 g/mol. The largest absolute Gasteiger partial charge is 0.339 e. The molecule has 1 saturated carbocycles. The highest BCUT2D eigenvalue weighted by Crippen LogP contribution is 2.32. The van der Waals surface area contributed by atoms with Gasteiger partial charge < -0.3 is 10.2 Å². The Morgan fingerprint density at radius 3 is 2.17 bits per heavy atom. The Bertz CT molecular complexity index is 368. The minimum atomic E-state index is 0. The first-order valence-electron chi connectivity index (χ1n) is 9.41. The van der Waals surface area contributed by atoms with Crippen molar-refractivity contribution in [2.24, 2.45) is 11.8 Å². The maximum atomic E-state index is 12.4. The molecule has 0 aromatic heterocycles. The van der Waals surface area contributed by atoms with Crippen LogP contribution in [0, 0.1) is 11.8 Å². The molecule has 3 fully saturated rings. The molecule has 3 aliphatic rings. The Morgan fingerprint density at radius 1 is 1.00 bits per heavy atom. The lowest BCUT2D eigenvalue weighted by Gasteiger charge is -2.43. The molecule has 1 amide bonds. The van der Waals surface area contributed by atoms with E-state index in [0.29, 0.717) is 5.91 Å². The standard InChI is InChI=1S/C18H33N3O.ClH/c1-14(2)15-5-7-16(8-6-15)20-10-12-21(13-11-20)18(22)17-4-3-9-19-17;/h14-17,19H,3-13H2,1-2H3;1H/t15?,16?,17-;/m0./s1. The molecule has 0 spiro atoms. The van der Waals surface area contributed by atoms with Crippen molar-refractivity contribution in [1.82, 2.24) is 15.1 Å². The van der Waals surface area contributed by atoms with Crippen LogP contribution in [0.1, 0.15) is 52.4 Å². The Balaban J connectivity index is 0.00000192. The maximum absolute atomic E-state index is 12.4. The maximum Gasteiger partial charge on any atom is 0.239 e. The van der Waals surface area contributed by atoms with E-state index in [2.05, 4.69) is 29.0 Å². The number of nitrogens with one attached hydrogen (secondary N) is 1. The Hall–Kier alpha value is -0.320. The Kier molecular flexibility index (Phi) is 7.18. The summed E-state index contributed by atoms with van der Waals surface area (Å²) in [4.78, 5) is 17.2. The molecular formula is C18H34ClN3O. The van der Waals surface area contributed by atoms with Gasteiger partial charge in [0, 0.05) is 32.2 Å². The van der Waals surface area contributed by atoms with Crippen molar-refractivity contribution < 1.29 is 4.79 Å². The second-order valence-corrected chi connectivity index (χ2v) is 7.82. The molecule has 2 heterocycles. The molecule has 2 aliphatic heterocycles. The molecule has 0 aromatic carbocycles. The summed E-state index contributed by atoms with van der Waals surface area (Å²) < 4.78 is 0. The van der Waals surface area contributed by atoms with Crippen LogP contribution in [0.4, 0.5) is 0 Å². The second-order valence-electron chi connectivity index (χ2n) is 7.82. The van der Waals surface area contributed by atoms with Gasteiger partial charge in [0.25, 0.3) is 0 Å². The first-order valence-corrected chi connectivity index (χ1v) is 9.41. The minimum Gasteiger partial charge on any atom is -0.339 e. The second kappa shape index (κ2) is 8.68. The fourth-order valence-corrected chi connectivity index (χ4v) is 4.56. The van der Waals surface area contributed by atoms with Gasteiger partial charge >= 0.3 is 0 Å². The van der Waals surface area contributed by atoms with Crippen LogP contribution in [-0.2, 0) is 4.79 Å². The molecule has 5 heteroatoms. The molecule has 0 radical (unpaired) electrons. The summed E-state index contributed by atoms with van der Waals surface area (Å²) in [6, 6.07) is 0.880. The van der Waals surface area contributed by atoms with Crippen molar-refractivity contribution in [3.05, 3.63) is 0 Å². The van der Waals surface area contributed by atoms with E-state index < -0.39 is 0 Å². The molecule has 23 heavy (non-hydrogen) atoms. The molecule has 0 bridgehead atoms. The summed E-state index contributed by atoms with van der Waals surface area (Å²) >= 11 is 0. The van der Waals surface area contributed by atoms with E-state index in [9.17, 15) is 4.79 Å². The predicted octanol–water partition coefficient (Wildman–Crippen LogP) is 2.52. The number of halogens is 1. The summed E-state index contributed by atoms with van der Waals surface area (Å²) in [5.74, 6) is 2.13. The molecule has 1 aliphatic carbocycles. The summed E-state index contributed by atoms with van der Waals surface area (Å²) in [5, 5.41) is 3.34. The van der Waals surface area contributed by atoms with E-state index in [1.54, 1.807) is 0 Å². The monoisotopic (exact) mass is 343 g/mol. The number of amides is 1. The van der Waals surface area contributed by atoms with Crippen LogP contribution in [0.5, 0.6) is 0 Å². The van der Waals surface area contributed by atoms with E-state index in [-0.39, 0.29) is 18.4 Å². The third-order valence-electron chi connectivity index (χ3n) is 6.18. The zero-order valence-corrected chi connectivity index (χ0v) is 15.6. The van der Waals surface area contributed by atoms with Gasteiger partial charge in [0.1, 0.15) is 0 Å². The summed E-state index contributed by atoms with van der Waals surface area (Å²) in [6.45, 7) is 9.77. The van der Waals surface area contributed by atoms with E-state index >= 15 is 0 Å². The summed E-state index contributed by atoms with van der Waals surface area (Å²) in [7, 11) is 0. The van der Waals surface area contributed by atoms with Crippen LogP contribution >= 0.6 is 12.4 Å². The number of piperazine rings is 1. The van der Waals surface area contributed by atoms with Crippen molar-refractivity contribution in [2.75, 3.05) is 32.7 Å². The van der Waals surface area contributed by atoms with Crippen LogP contribution in [0.15, 0.2) is 0 Å². The van der Waals surface area contributed by atoms with E-state index in [1.165, 1.54) is 25.7 Å². The van der Waals surface area contributed by atoms with Gasteiger partial charge in [-0.3, -0.25) is 9.69 Å². The zero-order chi connectivity index (χ0) is 15.5. The van der Waals surface area contributed by atoms with Crippen LogP contribution in [-0.4, -0.2) is 60.5 Å². The fraction of sp³-hybridized carbons (Fsp3) is 0.944. The van der Waals surface area contributed by atoms with Gasteiger partial charge in [-0.2, -0.15) is 0 Å². The predicted molar refractivity (Wildman–Crippen MR) is 97.0 cm³/mol. The first-order chi connectivity index (χ1) is 10.6. The van der Waals surface area contributed by atoms with Crippen molar-refractivity contribution in [3.8, 4) is 0 Å². The lowest BCUT2D eigenvalue weighted by molar-refractivity contribution is -0.135. The number of carbonyl (C=O) groups excluding carboxylic acids is 1. The normalized spacial score (nSPS) is 32.8. The van der Waals surface area contributed by atoms with Gasteiger partial charge in [-0.25, -0.2) is 0 Å². The highest BCUT2D eigenvalue weighted by atomic mass is 35.5. The number of hydrogen-bond donors (Lipinski definition) is 1. The van der Waals surface area contributed by atoms with Crippen LogP contribution in [0.25, 0.3) is 0 Å². The van der Waals surface area contributed by atoms with Gasteiger partial charge in [0.05, 0.1) is 6.04 Å². The smallest absolute Gasteiger partial charge is 0.239 e. The van der Waals surface area contributed by atoms with Crippen molar-refractivity contribution in [1.29, 1.82) is 0 Å². The number of nitrogens with zero attached hydrogens (tertiary/aromatic N) is 2. The lowest BCUT2D eigenvalue weighted by Crippen LogP contribution is -2.55. The van der Waals surface area contributed by atoms with Crippen LogP contribution in [0.2, 0.25) is 0 Å². The lowest BCUT2D eigenvalue weighted by atomic mass is 9.79. The van der Waals surface area contributed by atoms with E-state index in [0.717, 1.165) is 63.4 Å². The third-order valence-corrected chi connectivity index (χ3v) is 6.18. The molecule has 134 valence electrons. The Labute approximate surface area is 147 Å². The SMILES string of the molecule is CC(C)C1CCC(N2CCN(C(=O)[C@@H]3CCCN3)CC2)CC1.Cl. The molecule has 2 saturated heterocycles. The molecule has 0 unspecified atom stereocenters. The van der Waals surface area contributed by atoms with Crippen molar-refractivity contribution >= 4 is 18.3 Å². The Morgan fingerprint density at radius 2 is 1.65 bits per heavy atom. The van der Waals surface area contributed by atoms with E-state index in [1.807, 2.05) is 0 Å². The summed E-state index contributed by atoms with van der Waals surface area (Å²) in [6.07, 6.45) is 7.69. The van der Waals surface area contributed by atoms with Gasteiger partial charge in [0.2, 0.25) is 5.91 Å². The zero-order valence-electron chi connectivity index (χ0n) is 14.8. The highest BCUT2D eigenvalue weighted by Gasteiger charge is 2.32. The van der Waals surface area contributed by atoms with E-state index in [4.69, 9.17) is 0 Å². The minimum absolute atomic E-state index is 0. The quantitative estimate of drug-likeness (QED) is 0.855. The topological polar surface area (TPSA) is 35.6 Å². The van der Waals surface area contributed by atoms with Gasteiger partial charge in [-0.15, -0.1) is 12.4 Å². The molecule has 3 rings (SSSR count). The molecule has 1 atom stereocenters. The van der Waals surface area contributed by atoms with Crippen molar-refractivity contribution in [3.63, 3.8) is 0 Å². The van der Waals surface area contributed by atoms with Gasteiger partial charge in [0.15, 0.2) is 0 Å². The molecule has 4 nitrogen and oxygen atoms in total. The average Bonchev–Trinajstić information content (AvgIpc) is 3.09. The fourth-order valence-electron chi connectivity index (χ4n) is 4.56. The van der Waals surface area contributed by atoms with Crippen LogP contribution < -0.4 is 5.32 Å². The van der Waals surface area contributed by atoms with Gasteiger partial charge in [-0.05, 0) is 56.9 Å². The molecule has 1 N–H and O–H groups in total. The van der Waals surface area contributed by atoms with Crippen molar-refractivity contribution in [2.45, 2.75) is 64.5 Å². The van der Waals surface area contributed by atoms with Crippen LogP contribution in [0.3, 0.4) is 0 Å². The summed E-state index contributed by atoms with van der Waals surface area (Å²) in [5.41, 5.74) is 0. The number of carbonyl (C=O) groups is 1. The number of hydrogen-bond acceptors (Lipinski definition) is 3. The van der Waals surface area contributed by atoms with Gasteiger partial charge in [-0.1, -0.05) is 13.8 Å². The number of rotatable bonds is 3. The first kappa shape index (κ1) is 19.0. The highest BCUT2D eigenvalue weighted by molar-refractivity contribution is 5.85. The average molecular weight is 344 g/mol. The molecule has 0 aromatic rings. The third kappa shape index (κ3) is 4.61.